The number of alkyl carbamates (subject to hydrolysis) is 2. The van der Waals surface area contributed by atoms with Crippen LogP contribution in [0.3, 0.4) is 0 Å². The summed E-state index contributed by atoms with van der Waals surface area (Å²) in [6.45, 7) is 4.41. The second kappa shape index (κ2) is 17.1. The van der Waals surface area contributed by atoms with E-state index in [1.54, 1.807) is 0 Å². The molecule has 2 saturated heterocycles. The highest BCUT2D eigenvalue weighted by Crippen LogP contribution is 2.51. The van der Waals surface area contributed by atoms with Crippen LogP contribution < -0.4 is 10.6 Å². The van der Waals surface area contributed by atoms with Gasteiger partial charge in [0.2, 0.25) is 5.91 Å². The van der Waals surface area contributed by atoms with Gasteiger partial charge in [-0.15, -0.1) is 0 Å². The van der Waals surface area contributed by atoms with Crippen molar-refractivity contribution < 1.29 is 28.7 Å². The van der Waals surface area contributed by atoms with Crippen LogP contribution in [0.2, 0.25) is 0 Å². The highest BCUT2D eigenvalue weighted by atomic mass is 16.5. The van der Waals surface area contributed by atoms with Crippen LogP contribution >= 0.6 is 0 Å². The number of carbonyl (C=O) groups is 4. The molecule has 7 aromatic rings. The topological polar surface area (TPSA) is 175 Å². The molecule has 0 unspecified atom stereocenters. The van der Waals surface area contributed by atoms with E-state index in [9.17, 15) is 19.2 Å². The van der Waals surface area contributed by atoms with E-state index in [2.05, 4.69) is 81.3 Å². The lowest BCUT2D eigenvalue weighted by molar-refractivity contribution is -0.138. The van der Waals surface area contributed by atoms with Crippen molar-refractivity contribution in [1.82, 2.24) is 40.4 Å². The number of amides is 4. The average molecular weight is 873 g/mol. The number of carbonyl (C=O) groups excluding carboxylic acids is 4. The van der Waals surface area contributed by atoms with Crippen molar-refractivity contribution >= 4 is 56.6 Å². The Bertz CT molecular complexity index is 2960. The van der Waals surface area contributed by atoms with Crippen LogP contribution in [-0.2, 0) is 19.1 Å². The number of piperidine rings is 1. The monoisotopic (exact) mass is 872 g/mol. The smallest absolute Gasteiger partial charge is 0.407 e. The van der Waals surface area contributed by atoms with Crippen LogP contribution in [-0.4, -0.2) is 86.6 Å². The highest BCUT2D eigenvalue weighted by Gasteiger charge is 2.51. The van der Waals surface area contributed by atoms with E-state index in [0.29, 0.717) is 12.1 Å². The Morgan fingerprint density at radius 2 is 1.43 bits per heavy atom. The number of benzene rings is 5. The van der Waals surface area contributed by atoms with Gasteiger partial charge in [0.15, 0.2) is 0 Å². The van der Waals surface area contributed by atoms with Gasteiger partial charge in [-0.25, -0.2) is 19.6 Å². The molecule has 332 valence electrons. The molecular weight excluding hydrogens is 821 g/mol. The molecule has 0 radical (unpaired) electrons. The lowest BCUT2D eigenvalue weighted by Gasteiger charge is -2.36. The fraction of sp³-hybridized carbons (Fsp3) is 0.333. The minimum absolute atomic E-state index is 0.0667. The molecule has 65 heavy (non-hydrogen) atoms. The summed E-state index contributed by atoms with van der Waals surface area (Å²) in [7, 11) is 2.60. The number of nitrogens with one attached hydrogen (secondary N) is 4. The Morgan fingerprint density at radius 1 is 0.738 bits per heavy atom. The number of likely N-dealkylation sites (tertiary alicyclic amines) is 2. The van der Waals surface area contributed by atoms with Crippen molar-refractivity contribution in [2.24, 2.45) is 11.8 Å². The first kappa shape index (κ1) is 41.8. The normalized spacial score (nSPS) is 20.1. The summed E-state index contributed by atoms with van der Waals surface area (Å²) >= 11 is 0. The predicted molar refractivity (Wildman–Crippen MR) is 247 cm³/mol. The summed E-state index contributed by atoms with van der Waals surface area (Å²) in [5.74, 6) is 1.35. The van der Waals surface area contributed by atoms with Crippen LogP contribution in [0, 0.1) is 11.8 Å². The standard InChI is InChI=1S/C51H52N8O6/c1-28(2)42(56-50(62)64-3)48(60)58-22-8-11-41(58)46-52-27-40(54-46)35-15-14-31-23-30(12-13-32(31)25-35)33-17-20-38-34(24-33)18-21-39-44(38)55-47(53-39)45-36-16-19-37(26-36)59(45)49(61)43(57-51(63)65-4)29-9-6-5-7-10-29/h5-7,9-10,12-15,17-18,20-21,23-25,27-28,36-37,41-43,45H,8,11,16,19,22,26H2,1-4H3,(H,52,54)(H,53,55)(H,56,62)(H,57,63)/t36-,37+,41-,42-,43+,45-/m0/s1. The maximum Gasteiger partial charge on any atom is 0.407 e. The molecule has 2 bridgehead atoms. The van der Waals surface area contributed by atoms with E-state index in [1.165, 1.54) is 14.2 Å². The van der Waals surface area contributed by atoms with Crippen molar-refractivity contribution in [3.63, 3.8) is 0 Å². The highest BCUT2D eigenvalue weighted by molar-refractivity contribution is 6.06. The molecular formula is C51H52N8O6. The number of methoxy groups -OCH3 is 2. The summed E-state index contributed by atoms with van der Waals surface area (Å²) in [6.07, 6.45) is 5.01. The van der Waals surface area contributed by atoms with Gasteiger partial charge < -0.3 is 39.9 Å². The number of ether oxygens (including phenoxy) is 2. The molecule has 3 fully saturated rings. The van der Waals surface area contributed by atoms with Crippen LogP contribution in [0.5, 0.6) is 0 Å². The van der Waals surface area contributed by atoms with Crippen molar-refractivity contribution in [2.75, 3.05) is 20.8 Å². The first-order chi connectivity index (χ1) is 31.6. The Labute approximate surface area is 376 Å². The number of nitrogens with zero attached hydrogens (tertiary/aromatic N) is 4. The fourth-order valence-electron chi connectivity index (χ4n) is 10.5. The zero-order chi connectivity index (χ0) is 44.9. The van der Waals surface area contributed by atoms with E-state index in [4.69, 9.17) is 19.4 Å². The van der Waals surface area contributed by atoms with E-state index in [-0.39, 0.29) is 41.8 Å². The van der Waals surface area contributed by atoms with Crippen LogP contribution in [0.15, 0.2) is 103 Å². The summed E-state index contributed by atoms with van der Waals surface area (Å²) < 4.78 is 9.71. The maximum atomic E-state index is 14.5. The zero-order valence-corrected chi connectivity index (χ0v) is 36.8. The summed E-state index contributed by atoms with van der Waals surface area (Å²) in [6, 6.07) is 30.9. The average Bonchev–Trinajstić information content (AvgIpc) is 4.20. The minimum Gasteiger partial charge on any atom is -0.453 e. The van der Waals surface area contributed by atoms with Gasteiger partial charge in [-0.2, -0.15) is 0 Å². The van der Waals surface area contributed by atoms with E-state index < -0.39 is 24.3 Å². The minimum atomic E-state index is -0.882. The number of fused-ring (bicyclic) bond motifs is 6. The quantitative estimate of drug-likeness (QED) is 0.105. The summed E-state index contributed by atoms with van der Waals surface area (Å²) in [4.78, 5) is 73.4. The van der Waals surface area contributed by atoms with Crippen molar-refractivity contribution in [3.05, 3.63) is 120 Å². The molecule has 4 amide bonds. The third kappa shape index (κ3) is 7.70. The number of aromatic amines is 2. The molecule has 10 rings (SSSR count). The number of aromatic nitrogens is 4. The third-order valence-corrected chi connectivity index (χ3v) is 13.8. The van der Waals surface area contributed by atoms with Gasteiger partial charge in [0.25, 0.3) is 5.91 Å². The van der Waals surface area contributed by atoms with Gasteiger partial charge in [0.1, 0.15) is 23.7 Å². The fourth-order valence-corrected chi connectivity index (χ4v) is 10.5. The maximum absolute atomic E-state index is 14.5. The molecule has 4 N–H and O–H groups in total. The van der Waals surface area contributed by atoms with Crippen molar-refractivity contribution in [1.29, 1.82) is 0 Å². The number of hydrogen-bond acceptors (Lipinski definition) is 8. The summed E-state index contributed by atoms with van der Waals surface area (Å²) in [5, 5.41) is 9.82. The Kier molecular flexibility index (Phi) is 11.0. The third-order valence-electron chi connectivity index (χ3n) is 13.8. The first-order valence-electron chi connectivity index (χ1n) is 22.5. The van der Waals surface area contributed by atoms with Gasteiger partial charge in [0, 0.05) is 23.5 Å². The van der Waals surface area contributed by atoms with Crippen LogP contribution in [0.1, 0.15) is 81.3 Å². The SMILES string of the molecule is COC(=O)N[C@H](C(=O)N1CCC[C@H]1c1ncc(-c2ccc3cc(-c4ccc5c(ccc6nc([C@@H]7[C@H]8CC[C@H](C8)N7C(=O)[C@H](NC(=O)OC)c7ccccc7)[nH]c65)c4)ccc3c2)[nH]1)C(C)C. The Balaban J connectivity index is 0.883. The second-order valence-corrected chi connectivity index (χ2v) is 17.9. The molecule has 3 aliphatic rings. The Hall–Kier alpha value is -7.22. The molecule has 2 aromatic heterocycles. The second-order valence-electron chi connectivity index (χ2n) is 17.9. The van der Waals surface area contributed by atoms with Gasteiger partial charge in [-0.1, -0.05) is 86.6 Å². The molecule has 4 heterocycles. The predicted octanol–water partition coefficient (Wildman–Crippen LogP) is 9.12. The first-order valence-corrected chi connectivity index (χ1v) is 22.5. The number of imidazole rings is 2. The molecule has 1 saturated carbocycles. The van der Waals surface area contributed by atoms with Crippen molar-refractivity contribution in [3.8, 4) is 22.4 Å². The molecule has 1 aliphatic carbocycles. The molecule has 5 aromatic carbocycles. The van der Waals surface area contributed by atoms with Crippen LogP contribution in [0.4, 0.5) is 9.59 Å². The number of hydrogen-bond donors (Lipinski definition) is 4. The summed E-state index contributed by atoms with van der Waals surface area (Å²) in [5.41, 5.74) is 6.52. The van der Waals surface area contributed by atoms with Gasteiger partial charge in [-0.05, 0) is 101 Å². The molecule has 6 atom stereocenters. The van der Waals surface area contributed by atoms with Gasteiger partial charge in [-0.3, -0.25) is 9.59 Å². The van der Waals surface area contributed by atoms with E-state index in [0.717, 1.165) is 98.7 Å². The van der Waals surface area contributed by atoms with E-state index in [1.807, 2.05) is 66.2 Å². The lowest BCUT2D eigenvalue weighted by Crippen LogP contribution is -2.51. The number of rotatable bonds is 10. The zero-order valence-electron chi connectivity index (χ0n) is 36.8. The Morgan fingerprint density at radius 3 is 2.18 bits per heavy atom. The molecule has 0 spiro atoms. The number of H-pyrrole nitrogens is 2. The largest absolute Gasteiger partial charge is 0.453 e. The van der Waals surface area contributed by atoms with Crippen molar-refractivity contribution in [2.45, 2.75) is 76.2 Å². The lowest BCUT2D eigenvalue weighted by atomic mass is 9.96. The van der Waals surface area contributed by atoms with E-state index >= 15 is 0 Å². The van der Waals surface area contributed by atoms with Gasteiger partial charge >= 0.3 is 12.2 Å². The van der Waals surface area contributed by atoms with Gasteiger partial charge in [0.05, 0.1) is 49.2 Å². The molecule has 14 nitrogen and oxygen atoms in total. The molecule has 14 heteroatoms. The molecule has 2 aliphatic heterocycles. The van der Waals surface area contributed by atoms with Crippen LogP contribution in [0.25, 0.3) is 55.0 Å².